The summed E-state index contributed by atoms with van der Waals surface area (Å²) in [7, 11) is 3.26. The average molecular weight is 472 g/mol. The number of carbonyl (C=O) groups is 1. The van der Waals surface area contributed by atoms with Crippen molar-refractivity contribution in [3.8, 4) is 11.5 Å². The fourth-order valence-electron chi connectivity index (χ4n) is 6.75. The second-order valence-electron chi connectivity index (χ2n) is 10.4. The van der Waals surface area contributed by atoms with E-state index in [-0.39, 0.29) is 18.1 Å². The van der Waals surface area contributed by atoms with Crippen LogP contribution in [0.15, 0.2) is 23.9 Å². The van der Waals surface area contributed by atoms with Crippen molar-refractivity contribution in [3.63, 3.8) is 0 Å². The lowest BCUT2D eigenvalue weighted by Gasteiger charge is -2.40. The first-order valence-electron chi connectivity index (χ1n) is 12.4. The minimum Gasteiger partial charge on any atom is -0.497 e. The molecule has 2 saturated carbocycles. The first-order chi connectivity index (χ1) is 16.4. The van der Waals surface area contributed by atoms with Gasteiger partial charge in [-0.25, -0.2) is 4.79 Å². The average Bonchev–Trinajstić information content (AvgIpc) is 3.22. The summed E-state index contributed by atoms with van der Waals surface area (Å²) in [4.78, 5) is 14.9. The van der Waals surface area contributed by atoms with Gasteiger partial charge in [0.2, 0.25) is 0 Å². The number of rotatable bonds is 2. The van der Waals surface area contributed by atoms with Crippen LogP contribution in [0.5, 0.6) is 11.5 Å². The summed E-state index contributed by atoms with van der Waals surface area (Å²) in [5.41, 5.74) is 1.85. The van der Waals surface area contributed by atoms with Crippen molar-refractivity contribution in [3.05, 3.63) is 35.0 Å². The van der Waals surface area contributed by atoms with Gasteiger partial charge in [-0.15, -0.1) is 0 Å². The van der Waals surface area contributed by atoms with Gasteiger partial charge in [-0.05, 0) is 24.5 Å². The van der Waals surface area contributed by atoms with Crippen molar-refractivity contribution >= 4 is 6.09 Å². The molecule has 5 aliphatic rings. The Bertz CT molecular complexity index is 1030. The molecule has 3 heterocycles. The third-order valence-corrected chi connectivity index (χ3v) is 8.26. The van der Waals surface area contributed by atoms with Gasteiger partial charge in [0.1, 0.15) is 17.6 Å². The summed E-state index contributed by atoms with van der Waals surface area (Å²) in [5, 5.41) is 11.2. The minimum absolute atomic E-state index is 0.0254. The van der Waals surface area contributed by atoms with Crippen LogP contribution in [0.1, 0.15) is 68.9 Å². The monoisotopic (exact) mass is 471 g/mol. The van der Waals surface area contributed by atoms with E-state index in [2.05, 4.69) is 13.0 Å². The number of benzene rings is 1. The summed E-state index contributed by atoms with van der Waals surface area (Å²) < 4.78 is 30.1. The van der Waals surface area contributed by atoms with E-state index in [1.807, 2.05) is 12.1 Å². The third-order valence-electron chi connectivity index (χ3n) is 8.26. The Kier molecular flexibility index (Phi) is 5.13. The van der Waals surface area contributed by atoms with E-state index in [1.54, 1.807) is 19.1 Å². The van der Waals surface area contributed by atoms with Crippen LogP contribution in [0.2, 0.25) is 0 Å². The summed E-state index contributed by atoms with van der Waals surface area (Å²) in [6, 6.07) is 3.83. The summed E-state index contributed by atoms with van der Waals surface area (Å²) in [5.74, 6) is 0.785. The van der Waals surface area contributed by atoms with Gasteiger partial charge in [0.15, 0.2) is 11.4 Å². The van der Waals surface area contributed by atoms with Crippen molar-refractivity contribution in [2.75, 3.05) is 14.2 Å². The molecule has 3 aliphatic heterocycles. The van der Waals surface area contributed by atoms with Crippen molar-refractivity contribution in [2.24, 2.45) is 0 Å². The van der Waals surface area contributed by atoms with Crippen LogP contribution in [-0.4, -0.2) is 60.0 Å². The molecule has 1 aromatic rings. The van der Waals surface area contributed by atoms with E-state index >= 15 is 0 Å². The Morgan fingerprint density at radius 2 is 1.88 bits per heavy atom. The normalized spacial score (nSPS) is 35.8. The molecule has 2 saturated heterocycles. The number of ether oxygens (including phenoxy) is 5. The highest BCUT2D eigenvalue weighted by Crippen LogP contribution is 2.53. The van der Waals surface area contributed by atoms with Crippen LogP contribution in [0.3, 0.4) is 0 Å². The molecule has 1 aromatic carbocycles. The zero-order valence-electron chi connectivity index (χ0n) is 20.0. The SMILES string of the molecule is COc1cc2c(c(OC)c1)C(C)C=C1N(C2)C(=O)O[C@@]12CC(O)[C@@H]1OC3(CCCCC3)O[C@@H]1C2. The molecule has 4 fully saturated rings. The topological polar surface area (TPSA) is 86.7 Å². The molecule has 2 aliphatic carbocycles. The highest BCUT2D eigenvalue weighted by atomic mass is 16.8. The molecule has 0 bridgehead atoms. The molecule has 0 radical (unpaired) electrons. The van der Waals surface area contributed by atoms with Gasteiger partial charge >= 0.3 is 6.09 Å². The molecule has 184 valence electrons. The smallest absolute Gasteiger partial charge is 0.415 e. The molecule has 2 unspecified atom stereocenters. The number of hydrogen-bond donors (Lipinski definition) is 1. The van der Waals surface area contributed by atoms with Crippen molar-refractivity contribution < 1.29 is 33.6 Å². The minimum atomic E-state index is -0.936. The van der Waals surface area contributed by atoms with Crippen LogP contribution < -0.4 is 9.47 Å². The Morgan fingerprint density at radius 3 is 2.62 bits per heavy atom. The Labute approximate surface area is 199 Å². The number of allylic oxidation sites excluding steroid dienone is 1. The zero-order chi connectivity index (χ0) is 23.7. The van der Waals surface area contributed by atoms with Crippen molar-refractivity contribution in [2.45, 2.75) is 94.0 Å². The molecule has 1 amide bonds. The van der Waals surface area contributed by atoms with E-state index in [0.29, 0.717) is 25.1 Å². The predicted octanol–water partition coefficient (Wildman–Crippen LogP) is 3.99. The number of nitrogens with zero attached hydrogens (tertiary/aromatic N) is 1. The van der Waals surface area contributed by atoms with E-state index in [4.69, 9.17) is 23.7 Å². The molecule has 6 rings (SSSR count). The molecule has 34 heavy (non-hydrogen) atoms. The van der Waals surface area contributed by atoms with E-state index in [0.717, 1.165) is 48.3 Å². The number of fused-ring (bicyclic) bond motifs is 4. The number of aliphatic hydroxyl groups is 1. The fourth-order valence-corrected chi connectivity index (χ4v) is 6.75. The maximum absolute atomic E-state index is 13.2. The maximum atomic E-state index is 13.2. The van der Waals surface area contributed by atoms with Crippen LogP contribution in [0.4, 0.5) is 4.79 Å². The number of hydrogen-bond acceptors (Lipinski definition) is 7. The Hall–Kier alpha value is -2.29. The van der Waals surface area contributed by atoms with E-state index in [1.165, 1.54) is 6.42 Å². The fraction of sp³-hybridized carbons (Fsp3) is 0.654. The zero-order valence-corrected chi connectivity index (χ0v) is 20.0. The van der Waals surface area contributed by atoms with Gasteiger partial charge in [-0.2, -0.15) is 0 Å². The first-order valence-corrected chi connectivity index (χ1v) is 12.4. The molecular formula is C26H33NO7. The summed E-state index contributed by atoms with van der Waals surface area (Å²) in [6.45, 7) is 2.44. The Balaban J connectivity index is 1.36. The summed E-state index contributed by atoms with van der Waals surface area (Å²) >= 11 is 0. The molecule has 8 nitrogen and oxygen atoms in total. The van der Waals surface area contributed by atoms with Gasteiger partial charge in [0.25, 0.3) is 0 Å². The lowest BCUT2D eigenvalue weighted by Crippen LogP contribution is -2.52. The highest BCUT2D eigenvalue weighted by molar-refractivity contribution is 5.76. The number of carbonyl (C=O) groups excluding carboxylic acids is 1. The number of amides is 1. The second-order valence-corrected chi connectivity index (χ2v) is 10.4. The summed E-state index contributed by atoms with van der Waals surface area (Å²) in [6.07, 6.45) is 6.00. The lowest BCUT2D eigenvalue weighted by atomic mass is 9.77. The Morgan fingerprint density at radius 1 is 1.09 bits per heavy atom. The van der Waals surface area contributed by atoms with Crippen LogP contribution in [0.25, 0.3) is 0 Å². The number of methoxy groups -OCH3 is 2. The molecule has 5 atom stereocenters. The van der Waals surface area contributed by atoms with Gasteiger partial charge in [-0.1, -0.05) is 19.4 Å². The third kappa shape index (κ3) is 3.26. The van der Waals surface area contributed by atoms with Crippen LogP contribution in [0, 0.1) is 0 Å². The van der Waals surface area contributed by atoms with Gasteiger partial charge < -0.3 is 28.8 Å². The molecule has 0 aromatic heterocycles. The second kappa shape index (κ2) is 7.86. The van der Waals surface area contributed by atoms with Crippen molar-refractivity contribution in [1.29, 1.82) is 0 Å². The number of aliphatic hydroxyl groups excluding tert-OH is 1. The van der Waals surface area contributed by atoms with Gasteiger partial charge in [-0.3, -0.25) is 4.90 Å². The van der Waals surface area contributed by atoms with E-state index < -0.39 is 23.6 Å². The largest absolute Gasteiger partial charge is 0.497 e. The highest BCUT2D eigenvalue weighted by Gasteiger charge is 2.62. The van der Waals surface area contributed by atoms with E-state index in [9.17, 15) is 9.90 Å². The van der Waals surface area contributed by atoms with Gasteiger partial charge in [0, 0.05) is 43.2 Å². The first kappa shape index (κ1) is 22.2. The van der Waals surface area contributed by atoms with Crippen LogP contribution >= 0.6 is 0 Å². The lowest BCUT2D eigenvalue weighted by molar-refractivity contribution is -0.198. The standard InChI is InChI=1S/C26H33NO7/c1-15-9-21-25(12-18(28)23-20(13-25)32-26(33-23)7-5-4-6-8-26)34-24(29)27(21)14-16-10-17(30-2)11-19(31-3)22(15)16/h9-11,15,18,20,23,28H,4-8,12-14H2,1-3H3/t15?,18?,20-,23+,25-/m1/s1. The molecule has 2 spiro atoms. The van der Waals surface area contributed by atoms with Crippen LogP contribution in [-0.2, 0) is 20.8 Å². The van der Waals surface area contributed by atoms with Gasteiger partial charge in [0.05, 0.1) is 38.7 Å². The molecular weight excluding hydrogens is 438 g/mol. The maximum Gasteiger partial charge on any atom is 0.415 e. The predicted molar refractivity (Wildman–Crippen MR) is 122 cm³/mol. The van der Waals surface area contributed by atoms with Crippen molar-refractivity contribution in [1.82, 2.24) is 4.90 Å². The molecule has 1 N–H and O–H groups in total. The molecule has 8 heteroatoms. The quantitative estimate of drug-likeness (QED) is 0.698.